The van der Waals surface area contributed by atoms with Gasteiger partial charge in [0.05, 0.1) is 17.2 Å². The topological polar surface area (TPSA) is 34.9 Å². The molecule has 0 aliphatic heterocycles. The fraction of sp³-hybridized carbons (Fsp3) is 0.286. The summed E-state index contributed by atoms with van der Waals surface area (Å²) in [5.74, 6) is 0.205. The number of nitrogens with zero attached hydrogens (tertiary/aromatic N) is 2. The average molecular weight is 226 g/mol. The molecule has 2 aromatic rings. The minimum Gasteiger partial charge on any atom is -0.293 e. The lowest BCUT2D eigenvalue weighted by Crippen LogP contribution is -2.20. The summed E-state index contributed by atoms with van der Waals surface area (Å²) in [6.07, 6.45) is 5.35. The predicted octanol–water partition coefficient (Wildman–Crippen LogP) is 2.33. The maximum atomic E-state index is 12.5. The van der Waals surface area contributed by atoms with E-state index in [0.717, 1.165) is 18.4 Å². The monoisotopic (exact) mass is 226 g/mol. The molecule has 3 rings (SSSR count). The standard InChI is InChI=1S/C14H14N2O/c1-16-10-11(9-15-16)13(17)14(7-8-14)12-5-3-2-4-6-12/h2-6,9-10H,7-8H2,1H3. The normalized spacial score (nSPS) is 16.8. The van der Waals surface area contributed by atoms with Crippen LogP contribution >= 0.6 is 0 Å². The van der Waals surface area contributed by atoms with E-state index in [1.165, 1.54) is 0 Å². The molecule has 0 atom stereocenters. The Labute approximate surface area is 100 Å². The highest BCUT2D eigenvalue weighted by Gasteiger charge is 2.51. The van der Waals surface area contributed by atoms with E-state index in [9.17, 15) is 4.79 Å². The first kappa shape index (κ1) is 10.3. The molecule has 1 saturated carbocycles. The number of benzene rings is 1. The predicted molar refractivity (Wildman–Crippen MR) is 64.9 cm³/mol. The number of rotatable bonds is 3. The van der Waals surface area contributed by atoms with Gasteiger partial charge in [0.15, 0.2) is 5.78 Å². The second-order valence-electron chi connectivity index (χ2n) is 4.68. The summed E-state index contributed by atoms with van der Waals surface area (Å²) in [6.45, 7) is 0. The van der Waals surface area contributed by atoms with Crippen molar-refractivity contribution in [3.63, 3.8) is 0 Å². The molecule has 0 N–H and O–H groups in total. The molecule has 3 nitrogen and oxygen atoms in total. The fourth-order valence-corrected chi connectivity index (χ4v) is 2.34. The summed E-state index contributed by atoms with van der Waals surface area (Å²) >= 11 is 0. The Hall–Kier alpha value is -1.90. The van der Waals surface area contributed by atoms with Gasteiger partial charge in [-0.15, -0.1) is 0 Å². The van der Waals surface area contributed by atoms with E-state index in [1.807, 2.05) is 37.4 Å². The SMILES string of the molecule is Cn1cc(C(=O)C2(c3ccccc3)CC2)cn1. The van der Waals surface area contributed by atoms with Gasteiger partial charge >= 0.3 is 0 Å². The lowest BCUT2D eigenvalue weighted by Gasteiger charge is -2.12. The minimum absolute atomic E-state index is 0.205. The van der Waals surface area contributed by atoms with Gasteiger partial charge in [-0.3, -0.25) is 9.48 Å². The van der Waals surface area contributed by atoms with Gasteiger partial charge in [0.2, 0.25) is 0 Å². The van der Waals surface area contributed by atoms with Crippen molar-refractivity contribution in [2.24, 2.45) is 7.05 Å². The molecule has 17 heavy (non-hydrogen) atoms. The Morgan fingerprint density at radius 2 is 2.00 bits per heavy atom. The third kappa shape index (κ3) is 1.58. The molecule has 0 saturated heterocycles. The van der Waals surface area contributed by atoms with Crippen LogP contribution in [0.5, 0.6) is 0 Å². The zero-order valence-corrected chi connectivity index (χ0v) is 9.76. The van der Waals surface area contributed by atoms with Crippen molar-refractivity contribution in [1.29, 1.82) is 0 Å². The highest BCUT2D eigenvalue weighted by Crippen LogP contribution is 2.50. The smallest absolute Gasteiger partial charge is 0.176 e. The number of Topliss-reactive ketones (excluding diaryl/α,β-unsaturated/α-hetero) is 1. The van der Waals surface area contributed by atoms with Crippen molar-refractivity contribution >= 4 is 5.78 Å². The summed E-state index contributed by atoms with van der Waals surface area (Å²) in [6, 6.07) is 10.1. The molecule has 1 aliphatic carbocycles. The molecule has 1 aliphatic rings. The van der Waals surface area contributed by atoms with Crippen LogP contribution in [0.3, 0.4) is 0 Å². The van der Waals surface area contributed by atoms with Crippen LogP contribution in [0.15, 0.2) is 42.7 Å². The van der Waals surface area contributed by atoms with Crippen LogP contribution in [-0.4, -0.2) is 15.6 Å². The van der Waals surface area contributed by atoms with E-state index < -0.39 is 0 Å². The number of carbonyl (C=O) groups excluding carboxylic acids is 1. The molecule has 1 fully saturated rings. The van der Waals surface area contributed by atoms with E-state index in [0.29, 0.717) is 5.56 Å². The molecule has 0 bridgehead atoms. The van der Waals surface area contributed by atoms with Crippen LogP contribution in [0.4, 0.5) is 0 Å². The fourth-order valence-electron chi connectivity index (χ4n) is 2.34. The number of ketones is 1. The largest absolute Gasteiger partial charge is 0.293 e. The molecule has 3 heteroatoms. The third-order valence-corrected chi connectivity index (χ3v) is 3.48. The van der Waals surface area contributed by atoms with Crippen LogP contribution in [0.1, 0.15) is 28.8 Å². The van der Waals surface area contributed by atoms with Gasteiger partial charge in [0.1, 0.15) is 0 Å². The van der Waals surface area contributed by atoms with E-state index in [2.05, 4.69) is 5.10 Å². The van der Waals surface area contributed by atoms with E-state index in [-0.39, 0.29) is 11.2 Å². The first-order valence-electron chi connectivity index (χ1n) is 5.81. The van der Waals surface area contributed by atoms with Gasteiger partial charge in [-0.1, -0.05) is 30.3 Å². The highest BCUT2D eigenvalue weighted by atomic mass is 16.1. The van der Waals surface area contributed by atoms with E-state index in [4.69, 9.17) is 0 Å². The Balaban J connectivity index is 1.97. The maximum absolute atomic E-state index is 12.5. The van der Waals surface area contributed by atoms with Crippen molar-refractivity contribution in [3.05, 3.63) is 53.9 Å². The van der Waals surface area contributed by atoms with Crippen molar-refractivity contribution in [3.8, 4) is 0 Å². The van der Waals surface area contributed by atoms with Gasteiger partial charge in [0.25, 0.3) is 0 Å². The van der Waals surface area contributed by atoms with Crippen molar-refractivity contribution < 1.29 is 4.79 Å². The molecular weight excluding hydrogens is 212 g/mol. The second-order valence-corrected chi connectivity index (χ2v) is 4.68. The van der Waals surface area contributed by atoms with E-state index in [1.54, 1.807) is 17.1 Å². The third-order valence-electron chi connectivity index (χ3n) is 3.48. The van der Waals surface area contributed by atoms with Gasteiger partial charge in [0, 0.05) is 13.2 Å². The summed E-state index contributed by atoms with van der Waals surface area (Å²) < 4.78 is 1.67. The first-order chi connectivity index (χ1) is 8.22. The minimum atomic E-state index is -0.274. The van der Waals surface area contributed by atoms with Gasteiger partial charge in [-0.2, -0.15) is 5.10 Å². The number of carbonyl (C=O) groups is 1. The first-order valence-corrected chi connectivity index (χ1v) is 5.81. The Morgan fingerprint density at radius 3 is 2.53 bits per heavy atom. The van der Waals surface area contributed by atoms with E-state index >= 15 is 0 Å². The Bertz CT molecular complexity index is 553. The molecule has 0 radical (unpaired) electrons. The molecule has 1 heterocycles. The van der Waals surface area contributed by atoms with Gasteiger partial charge in [-0.05, 0) is 18.4 Å². The van der Waals surface area contributed by atoms with Gasteiger partial charge < -0.3 is 0 Å². The molecule has 86 valence electrons. The maximum Gasteiger partial charge on any atom is 0.176 e. The van der Waals surface area contributed by atoms with Crippen molar-refractivity contribution in [1.82, 2.24) is 9.78 Å². The van der Waals surface area contributed by atoms with Crippen LogP contribution in [0.25, 0.3) is 0 Å². The molecule has 1 aromatic carbocycles. The number of aryl methyl sites for hydroxylation is 1. The Morgan fingerprint density at radius 1 is 1.29 bits per heavy atom. The lowest BCUT2D eigenvalue weighted by molar-refractivity contribution is 0.0946. The van der Waals surface area contributed by atoms with Crippen LogP contribution < -0.4 is 0 Å². The number of aromatic nitrogens is 2. The van der Waals surface area contributed by atoms with Crippen molar-refractivity contribution in [2.75, 3.05) is 0 Å². The van der Waals surface area contributed by atoms with Crippen LogP contribution in [-0.2, 0) is 12.5 Å². The molecular formula is C14H14N2O. The summed E-state index contributed by atoms with van der Waals surface area (Å²) in [7, 11) is 1.83. The lowest BCUT2D eigenvalue weighted by atomic mass is 9.89. The molecule has 1 aromatic heterocycles. The summed E-state index contributed by atoms with van der Waals surface area (Å²) in [5.41, 5.74) is 1.58. The quantitative estimate of drug-likeness (QED) is 0.753. The second kappa shape index (κ2) is 3.55. The zero-order chi connectivity index (χ0) is 11.9. The molecule has 0 amide bonds. The number of hydrogen-bond donors (Lipinski definition) is 0. The Kier molecular flexibility index (Phi) is 2.15. The van der Waals surface area contributed by atoms with Crippen LogP contribution in [0.2, 0.25) is 0 Å². The summed E-state index contributed by atoms with van der Waals surface area (Å²) in [5, 5.41) is 4.07. The highest BCUT2D eigenvalue weighted by molar-refractivity contribution is 6.05. The summed E-state index contributed by atoms with van der Waals surface area (Å²) in [4.78, 5) is 12.5. The molecule has 0 unspecified atom stereocenters. The molecule has 0 spiro atoms. The van der Waals surface area contributed by atoms with Crippen molar-refractivity contribution in [2.45, 2.75) is 18.3 Å². The number of hydrogen-bond acceptors (Lipinski definition) is 2. The zero-order valence-electron chi connectivity index (χ0n) is 9.76. The van der Waals surface area contributed by atoms with Crippen LogP contribution in [0, 0.1) is 0 Å². The average Bonchev–Trinajstić information content (AvgIpc) is 3.07. The van der Waals surface area contributed by atoms with Gasteiger partial charge in [-0.25, -0.2) is 0 Å².